The average molecular weight is 138 g/mol. The van der Waals surface area contributed by atoms with Crippen LogP contribution in [0, 0.1) is 0 Å². The van der Waals surface area contributed by atoms with Crippen LogP contribution in [-0.4, -0.2) is 11.9 Å². The first-order valence-electron chi connectivity index (χ1n) is 3.62. The van der Waals surface area contributed by atoms with E-state index in [1.54, 1.807) is 6.21 Å². The van der Waals surface area contributed by atoms with E-state index in [-0.39, 0.29) is 0 Å². The lowest BCUT2D eigenvalue weighted by atomic mass is 10.3. The maximum absolute atomic E-state index is 3.82. The van der Waals surface area contributed by atoms with Gasteiger partial charge in [-0.2, -0.15) is 10.2 Å². The lowest BCUT2D eigenvalue weighted by molar-refractivity contribution is 1.24. The first-order chi connectivity index (χ1) is 4.89. The minimum Gasteiger partial charge on any atom is -0.163 e. The zero-order valence-corrected chi connectivity index (χ0v) is 6.83. The van der Waals surface area contributed by atoms with Crippen molar-refractivity contribution in [1.82, 2.24) is 0 Å². The summed E-state index contributed by atoms with van der Waals surface area (Å²) in [5, 5.41) is 7.58. The molecule has 0 aromatic heterocycles. The predicted octanol–water partition coefficient (Wildman–Crippen LogP) is 2.42. The van der Waals surface area contributed by atoms with E-state index in [4.69, 9.17) is 0 Å². The number of rotatable bonds is 0. The number of allylic oxidation sites excluding steroid dienone is 2. The van der Waals surface area contributed by atoms with Crippen LogP contribution in [0.5, 0.6) is 0 Å². The van der Waals surface area contributed by atoms with E-state index in [0.29, 0.717) is 0 Å². The summed E-state index contributed by atoms with van der Waals surface area (Å²) < 4.78 is 0. The summed E-state index contributed by atoms with van der Waals surface area (Å²) in [7, 11) is 0. The molecule has 0 bridgehead atoms. The normalized spacial score (nSPS) is 14.9. The molecule has 0 saturated heterocycles. The lowest BCUT2D eigenvalue weighted by Gasteiger charge is -1.78. The molecule has 1 heterocycles. The molecule has 0 atom stereocenters. The van der Waals surface area contributed by atoms with Crippen LogP contribution in [0.25, 0.3) is 0 Å². The first kappa shape index (κ1) is 9.08. The molecule has 1 aliphatic rings. The Bertz CT molecular complexity index is 155. The van der Waals surface area contributed by atoms with Crippen LogP contribution in [0.4, 0.5) is 0 Å². The second-order valence-electron chi connectivity index (χ2n) is 1.68. The van der Waals surface area contributed by atoms with E-state index in [9.17, 15) is 0 Å². The molecule has 2 nitrogen and oxygen atoms in total. The van der Waals surface area contributed by atoms with Crippen molar-refractivity contribution in [3.8, 4) is 0 Å². The minimum atomic E-state index is 0.904. The summed E-state index contributed by atoms with van der Waals surface area (Å²) in [5.41, 5.74) is 0.971. The van der Waals surface area contributed by atoms with Crippen LogP contribution in [0.2, 0.25) is 0 Å². The Morgan fingerprint density at radius 3 is 2.80 bits per heavy atom. The van der Waals surface area contributed by atoms with E-state index in [1.165, 1.54) is 0 Å². The van der Waals surface area contributed by atoms with Gasteiger partial charge in [0.25, 0.3) is 0 Å². The molecule has 1 aliphatic heterocycles. The zero-order valence-electron chi connectivity index (χ0n) is 6.83. The molecule has 0 aliphatic carbocycles. The Morgan fingerprint density at radius 2 is 2.10 bits per heavy atom. The highest BCUT2D eigenvalue weighted by Gasteiger charge is 1.83. The van der Waals surface area contributed by atoms with Crippen LogP contribution >= 0.6 is 0 Å². The van der Waals surface area contributed by atoms with Crippen molar-refractivity contribution in [2.75, 3.05) is 0 Å². The van der Waals surface area contributed by atoms with Gasteiger partial charge < -0.3 is 0 Å². The SMILES string of the molecule is CC.CC1=NN=CCC=C1. The topological polar surface area (TPSA) is 24.7 Å². The minimum absolute atomic E-state index is 0.904. The third kappa shape index (κ3) is 4.01. The molecule has 0 amide bonds. The molecule has 0 spiro atoms. The maximum atomic E-state index is 3.82. The molecule has 56 valence electrons. The molecular weight excluding hydrogens is 124 g/mol. The van der Waals surface area contributed by atoms with Crippen LogP contribution in [0.3, 0.4) is 0 Å². The van der Waals surface area contributed by atoms with Crippen molar-refractivity contribution in [3.63, 3.8) is 0 Å². The van der Waals surface area contributed by atoms with E-state index < -0.39 is 0 Å². The van der Waals surface area contributed by atoms with Gasteiger partial charge in [-0.15, -0.1) is 0 Å². The molecular formula is C8H14N2. The van der Waals surface area contributed by atoms with Gasteiger partial charge in [0.2, 0.25) is 0 Å². The monoisotopic (exact) mass is 138 g/mol. The van der Waals surface area contributed by atoms with E-state index in [0.717, 1.165) is 12.1 Å². The molecule has 10 heavy (non-hydrogen) atoms. The van der Waals surface area contributed by atoms with Gasteiger partial charge in [0.1, 0.15) is 0 Å². The van der Waals surface area contributed by atoms with Crippen LogP contribution < -0.4 is 0 Å². The fraction of sp³-hybridized carbons (Fsp3) is 0.500. The summed E-state index contributed by atoms with van der Waals surface area (Å²) in [6, 6.07) is 0. The van der Waals surface area contributed by atoms with E-state index >= 15 is 0 Å². The second kappa shape index (κ2) is 6.20. The van der Waals surface area contributed by atoms with Crippen molar-refractivity contribution < 1.29 is 0 Å². The Balaban J connectivity index is 0.000000371. The lowest BCUT2D eigenvalue weighted by Crippen LogP contribution is -1.78. The fourth-order valence-electron chi connectivity index (χ4n) is 0.512. The van der Waals surface area contributed by atoms with Crippen molar-refractivity contribution in [2.45, 2.75) is 27.2 Å². The predicted molar refractivity (Wildman–Crippen MR) is 46.7 cm³/mol. The fourth-order valence-corrected chi connectivity index (χ4v) is 0.512. The third-order valence-corrected chi connectivity index (χ3v) is 0.898. The summed E-state index contributed by atoms with van der Waals surface area (Å²) >= 11 is 0. The summed E-state index contributed by atoms with van der Waals surface area (Å²) in [6.07, 6.45) is 6.69. The highest BCUT2D eigenvalue weighted by Crippen LogP contribution is 1.89. The Kier molecular flexibility index (Phi) is 5.63. The molecule has 1 rings (SSSR count). The number of nitrogens with zero attached hydrogens (tertiary/aromatic N) is 2. The average Bonchev–Trinajstić information content (AvgIpc) is 2.21. The van der Waals surface area contributed by atoms with Crippen LogP contribution in [0.1, 0.15) is 27.2 Å². The molecule has 0 aromatic rings. The van der Waals surface area contributed by atoms with Crippen molar-refractivity contribution in [1.29, 1.82) is 0 Å². The van der Waals surface area contributed by atoms with Gasteiger partial charge in [0.05, 0.1) is 5.71 Å². The van der Waals surface area contributed by atoms with Crippen molar-refractivity contribution in [2.24, 2.45) is 10.2 Å². The van der Waals surface area contributed by atoms with Crippen molar-refractivity contribution >= 4 is 11.9 Å². The van der Waals surface area contributed by atoms with Gasteiger partial charge in [-0.25, -0.2) is 0 Å². The van der Waals surface area contributed by atoms with Crippen LogP contribution in [-0.2, 0) is 0 Å². The van der Waals surface area contributed by atoms with Gasteiger partial charge in [-0.1, -0.05) is 19.9 Å². The molecule has 2 heteroatoms. The molecule has 0 N–H and O–H groups in total. The van der Waals surface area contributed by atoms with Gasteiger partial charge >= 0.3 is 0 Å². The van der Waals surface area contributed by atoms with E-state index in [2.05, 4.69) is 10.2 Å². The molecule has 0 unspecified atom stereocenters. The molecule has 0 radical (unpaired) electrons. The standard InChI is InChI=1S/C6H8N2.C2H6/c1-6-4-2-3-5-7-8-6;1-2/h2,4-5H,3H2,1H3;1-2H3. The number of hydrogen-bond acceptors (Lipinski definition) is 2. The molecule has 0 fully saturated rings. The van der Waals surface area contributed by atoms with Gasteiger partial charge in [0, 0.05) is 12.6 Å². The van der Waals surface area contributed by atoms with Crippen molar-refractivity contribution in [3.05, 3.63) is 12.2 Å². The Labute approximate surface area is 62.4 Å². The third-order valence-electron chi connectivity index (χ3n) is 0.898. The first-order valence-corrected chi connectivity index (χ1v) is 3.62. The highest BCUT2D eigenvalue weighted by molar-refractivity contribution is 5.93. The highest BCUT2D eigenvalue weighted by atomic mass is 15.2. The summed E-state index contributed by atoms with van der Waals surface area (Å²) in [5.74, 6) is 0. The Morgan fingerprint density at radius 1 is 1.40 bits per heavy atom. The molecule has 0 aromatic carbocycles. The Hall–Kier alpha value is -0.920. The second-order valence-corrected chi connectivity index (χ2v) is 1.68. The largest absolute Gasteiger partial charge is 0.163 e. The van der Waals surface area contributed by atoms with Gasteiger partial charge in [-0.05, 0) is 13.0 Å². The van der Waals surface area contributed by atoms with Crippen LogP contribution in [0.15, 0.2) is 22.4 Å². The maximum Gasteiger partial charge on any atom is 0.0596 e. The van der Waals surface area contributed by atoms with Gasteiger partial charge in [-0.3, -0.25) is 0 Å². The quantitative estimate of drug-likeness (QED) is 0.491. The molecule has 0 saturated carbocycles. The summed E-state index contributed by atoms with van der Waals surface area (Å²) in [4.78, 5) is 0. The zero-order chi connectivity index (χ0) is 7.82. The van der Waals surface area contributed by atoms with Gasteiger partial charge in [0.15, 0.2) is 0 Å². The number of hydrogen-bond donors (Lipinski definition) is 0. The summed E-state index contributed by atoms with van der Waals surface area (Å²) in [6.45, 7) is 5.93. The smallest absolute Gasteiger partial charge is 0.0596 e. The van der Waals surface area contributed by atoms with E-state index in [1.807, 2.05) is 32.9 Å².